The largest absolute Gasteiger partial charge is 0.376 e. The molecule has 174 valence electrons. The highest BCUT2D eigenvalue weighted by atomic mass is 32.2. The molecule has 1 aliphatic rings. The highest BCUT2D eigenvalue weighted by Gasteiger charge is 2.24. The zero-order chi connectivity index (χ0) is 23.8. The van der Waals surface area contributed by atoms with Crippen LogP contribution in [0.1, 0.15) is 35.5 Å². The molecule has 0 bridgehead atoms. The number of ether oxygens (including phenoxy) is 1. The average molecular weight is 476 g/mol. The van der Waals surface area contributed by atoms with Gasteiger partial charge in [-0.2, -0.15) is 9.78 Å². The van der Waals surface area contributed by atoms with Gasteiger partial charge in [0.25, 0.3) is 0 Å². The van der Waals surface area contributed by atoms with Crippen molar-refractivity contribution in [1.82, 2.24) is 24.1 Å². The predicted octanol–water partition coefficient (Wildman–Crippen LogP) is 3.79. The lowest BCUT2D eigenvalue weighted by Crippen LogP contribution is -2.22. The minimum atomic E-state index is -0.215. The van der Waals surface area contributed by atoms with Crippen molar-refractivity contribution in [3.05, 3.63) is 46.9 Å². The molecule has 0 spiro atoms. The molecule has 10 heteroatoms. The lowest BCUT2D eigenvalue weighted by Gasteiger charge is -2.16. The number of amides is 1. The molecule has 1 fully saturated rings. The zero-order valence-electron chi connectivity index (χ0n) is 19.3. The van der Waals surface area contributed by atoms with Gasteiger partial charge in [-0.1, -0.05) is 23.9 Å². The molecule has 9 nitrogen and oxygen atoms in total. The predicted molar refractivity (Wildman–Crippen MR) is 130 cm³/mol. The smallest absolute Gasteiger partial charge is 0.235 e. The first-order valence-electron chi connectivity index (χ1n) is 11.2. The summed E-state index contributed by atoms with van der Waals surface area (Å²) in [6, 6.07) is 10.0. The van der Waals surface area contributed by atoms with Crippen molar-refractivity contribution >= 4 is 40.0 Å². The van der Waals surface area contributed by atoms with Gasteiger partial charge in [-0.25, -0.2) is 9.97 Å². The van der Waals surface area contributed by atoms with Gasteiger partial charge in [0.1, 0.15) is 17.7 Å². The Balaban J connectivity index is 1.39. The van der Waals surface area contributed by atoms with Crippen LogP contribution in [0, 0.1) is 32.1 Å². The van der Waals surface area contributed by atoms with Gasteiger partial charge >= 0.3 is 0 Å². The molecule has 1 saturated heterocycles. The number of anilines is 1. The van der Waals surface area contributed by atoms with Crippen LogP contribution in [0.3, 0.4) is 0 Å². The Kier molecular flexibility index (Phi) is 5.98. The summed E-state index contributed by atoms with van der Waals surface area (Å²) in [5, 5.41) is 18.7. The Labute approximate surface area is 201 Å². The van der Waals surface area contributed by atoms with Gasteiger partial charge in [-0.15, -0.1) is 5.10 Å². The molecule has 4 heterocycles. The number of para-hydroxylation sites is 1. The zero-order valence-corrected chi connectivity index (χ0v) is 20.1. The Bertz CT molecular complexity index is 1440. The summed E-state index contributed by atoms with van der Waals surface area (Å²) < 4.78 is 9.48. The quantitative estimate of drug-likeness (QED) is 0.334. The second kappa shape index (κ2) is 9.08. The van der Waals surface area contributed by atoms with Gasteiger partial charge in [0.15, 0.2) is 10.8 Å². The van der Waals surface area contributed by atoms with Gasteiger partial charge in [0.05, 0.1) is 29.5 Å². The fraction of sp³-hybridized carbons (Fsp3) is 0.375. The third-order valence-corrected chi connectivity index (χ3v) is 7.13. The van der Waals surface area contributed by atoms with Crippen LogP contribution < -0.4 is 5.32 Å². The lowest BCUT2D eigenvalue weighted by atomic mass is 10.2. The molecule has 1 atom stereocenters. The van der Waals surface area contributed by atoms with Crippen LogP contribution in [0.5, 0.6) is 0 Å². The van der Waals surface area contributed by atoms with Crippen molar-refractivity contribution in [1.29, 1.82) is 5.26 Å². The number of nitrogens with zero attached hydrogens (tertiary/aromatic N) is 6. The number of benzene rings is 1. The summed E-state index contributed by atoms with van der Waals surface area (Å²) in [7, 11) is 0. The summed E-state index contributed by atoms with van der Waals surface area (Å²) in [4.78, 5) is 22.3. The van der Waals surface area contributed by atoms with Crippen LogP contribution in [0.15, 0.2) is 29.4 Å². The fourth-order valence-corrected chi connectivity index (χ4v) is 5.12. The molecular formula is C24H25N7O2S. The summed E-state index contributed by atoms with van der Waals surface area (Å²) >= 11 is 1.29. The molecule has 1 unspecified atom stereocenters. The Morgan fingerprint density at radius 1 is 1.29 bits per heavy atom. The number of aryl methyl sites for hydroxylation is 1. The van der Waals surface area contributed by atoms with Crippen LogP contribution in [-0.2, 0) is 16.1 Å². The van der Waals surface area contributed by atoms with Crippen LogP contribution in [0.25, 0.3) is 16.6 Å². The van der Waals surface area contributed by atoms with E-state index in [1.165, 1.54) is 11.8 Å². The van der Waals surface area contributed by atoms with Crippen LogP contribution in [0.4, 0.5) is 5.82 Å². The SMILES string of the molecule is Cc1nc2c3ccccc3nc(SCC(=O)Nc3c(C#N)c(C)c(C)n3CC3CCCO3)n2n1. The van der Waals surface area contributed by atoms with Gasteiger partial charge in [0, 0.05) is 17.7 Å². The van der Waals surface area contributed by atoms with E-state index in [0.717, 1.165) is 47.3 Å². The van der Waals surface area contributed by atoms with E-state index >= 15 is 0 Å². The normalized spacial score (nSPS) is 15.8. The van der Waals surface area contributed by atoms with Crippen LogP contribution in [-0.4, -0.2) is 48.5 Å². The first kappa shape index (κ1) is 22.4. The van der Waals surface area contributed by atoms with Crippen molar-refractivity contribution in [2.24, 2.45) is 0 Å². The number of aromatic nitrogens is 5. The standard InChI is InChI=1S/C24H25N7O2S/c1-14-15(2)30(12-17-7-6-10-33-17)22(19(14)11-25)28-21(32)13-34-24-27-20-9-5-4-8-18(20)23-26-16(3)29-31(23)24/h4-5,8-9,17H,6-7,10,12-13H2,1-3H3,(H,28,32). The fourth-order valence-electron chi connectivity index (χ4n) is 4.38. The number of rotatable bonds is 6. The number of nitrogens with one attached hydrogen (secondary N) is 1. The van der Waals surface area contributed by atoms with Crippen LogP contribution >= 0.6 is 11.8 Å². The molecule has 34 heavy (non-hydrogen) atoms. The van der Waals surface area contributed by atoms with E-state index in [4.69, 9.17) is 9.72 Å². The van der Waals surface area contributed by atoms with E-state index in [9.17, 15) is 10.1 Å². The number of nitriles is 1. The van der Waals surface area contributed by atoms with E-state index in [2.05, 4.69) is 21.5 Å². The Hall–Kier alpha value is -3.42. The first-order chi connectivity index (χ1) is 16.5. The molecule has 0 saturated carbocycles. The van der Waals surface area contributed by atoms with E-state index in [-0.39, 0.29) is 17.8 Å². The molecule has 0 aliphatic carbocycles. The number of carbonyl (C=O) groups excluding carboxylic acids is 1. The lowest BCUT2D eigenvalue weighted by molar-refractivity contribution is -0.113. The maximum absolute atomic E-state index is 13.0. The minimum absolute atomic E-state index is 0.0905. The maximum Gasteiger partial charge on any atom is 0.235 e. The van der Waals surface area contributed by atoms with Gasteiger partial charge in [0.2, 0.25) is 5.91 Å². The summed E-state index contributed by atoms with van der Waals surface area (Å²) in [6.07, 6.45) is 2.10. The molecule has 1 amide bonds. The van der Waals surface area contributed by atoms with Crippen molar-refractivity contribution < 1.29 is 9.53 Å². The van der Waals surface area contributed by atoms with Gasteiger partial charge in [-0.05, 0) is 51.3 Å². The Morgan fingerprint density at radius 3 is 2.88 bits per heavy atom. The highest BCUT2D eigenvalue weighted by Crippen LogP contribution is 2.29. The van der Waals surface area contributed by atoms with Crippen molar-refractivity contribution in [2.75, 3.05) is 17.7 Å². The van der Waals surface area contributed by atoms with E-state index in [1.807, 2.05) is 49.6 Å². The number of carbonyl (C=O) groups is 1. The summed E-state index contributed by atoms with van der Waals surface area (Å²) in [5.74, 6) is 1.08. The molecule has 3 aromatic heterocycles. The maximum atomic E-state index is 13.0. The first-order valence-corrected chi connectivity index (χ1v) is 12.2. The molecule has 5 rings (SSSR count). The minimum Gasteiger partial charge on any atom is -0.376 e. The van der Waals surface area contributed by atoms with Gasteiger partial charge < -0.3 is 14.6 Å². The third kappa shape index (κ3) is 4.02. The van der Waals surface area contributed by atoms with Crippen molar-refractivity contribution in [3.8, 4) is 6.07 Å². The molecule has 1 aromatic carbocycles. The van der Waals surface area contributed by atoms with Crippen LogP contribution in [0.2, 0.25) is 0 Å². The van der Waals surface area contributed by atoms with Crippen molar-refractivity contribution in [3.63, 3.8) is 0 Å². The number of thioether (sulfide) groups is 1. The molecule has 1 aliphatic heterocycles. The second-order valence-corrected chi connectivity index (χ2v) is 9.38. The Morgan fingerprint density at radius 2 is 2.12 bits per heavy atom. The average Bonchev–Trinajstić information content (AvgIpc) is 3.53. The topological polar surface area (TPSA) is 110 Å². The molecule has 1 N–H and O–H groups in total. The molecule has 4 aromatic rings. The summed E-state index contributed by atoms with van der Waals surface area (Å²) in [5.41, 5.74) is 3.85. The molecular weight excluding hydrogens is 450 g/mol. The van der Waals surface area contributed by atoms with E-state index in [0.29, 0.717) is 28.9 Å². The highest BCUT2D eigenvalue weighted by molar-refractivity contribution is 7.99. The second-order valence-electron chi connectivity index (χ2n) is 8.43. The van der Waals surface area contributed by atoms with Crippen molar-refractivity contribution in [2.45, 2.75) is 51.4 Å². The van der Waals surface area contributed by atoms with E-state index in [1.54, 1.807) is 4.52 Å². The number of hydrogen-bond donors (Lipinski definition) is 1. The number of hydrogen-bond acceptors (Lipinski definition) is 7. The summed E-state index contributed by atoms with van der Waals surface area (Å²) in [6.45, 7) is 7.08. The van der Waals surface area contributed by atoms with Gasteiger partial charge in [-0.3, -0.25) is 4.79 Å². The number of fused-ring (bicyclic) bond motifs is 3. The van der Waals surface area contributed by atoms with E-state index < -0.39 is 0 Å². The molecule has 0 radical (unpaired) electrons. The monoisotopic (exact) mass is 475 g/mol. The third-order valence-electron chi connectivity index (χ3n) is 6.20.